The summed E-state index contributed by atoms with van der Waals surface area (Å²) in [7, 11) is 0. The number of fused-ring (bicyclic) bond motifs is 1. The van der Waals surface area contributed by atoms with Crippen molar-refractivity contribution in [3.8, 4) is 0 Å². The van der Waals surface area contributed by atoms with Crippen molar-refractivity contribution >= 4 is 22.8 Å². The van der Waals surface area contributed by atoms with Crippen LogP contribution in [0.5, 0.6) is 0 Å². The van der Waals surface area contributed by atoms with E-state index in [9.17, 15) is 0 Å². The molecule has 0 amide bonds. The van der Waals surface area contributed by atoms with Gasteiger partial charge in [0.25, 0.3) is 0 Å². The average Bonchev–Trinajstić information content (AvgIpc) is 2.65. The highest BCUT2D eigenvalue weighted by molar-refractivity contribution is 7.00. The van der Waals surface area contributed by atoms with Crippen LogP contribution in [0.3, 0.4) is 0 Å². The topological polar surface area (TPSA) is 25.8 Å². The van der Waals surface area contributed by atoms with Gasteiger partial charge in [-0.25, -0.2) is 0 Å². The zero-order chi connectivity index (χ0) is 11.3. The van der Waals surface area contributed by atoms with Crippen LogP contribution in [0.1, 0.15) is 45.6 Å². The molecular formula is C12H18N2S. The van der Waals surface area contributed by atoms with Gasteiger partial charge in [-0.3, -0.25) is 0 Å². The Morgan fingerprint density at radius 3 is 2.47 bits per heavy atom. The standard InChI is InChI=1S/C9H10N2S.C3H8/c1-6(2)7-4-3-5-8-9(7)11-12-10-8;1-3-2/h3-6H,1-2H3;3H2,1-2H3. The Morgan fingerprint density at radius 1 is 1.20 bits per heavy atom. The maximum Gasteiger partial charge on any atom is 0.108 e. The van der Waals surface area contributed by atoms with Gasteiger partial charge >= 0.3 is 0 Å². The van der Waals surface area contributed by atoms with E-state index in [4.69, 9.17) is 0 Å². The van der Waals surface area contributed by atoms with Gasteiger partial charge in [0, 0.05) is 0 Å². The second-order valence-electron chi connectivity index (χ2n) is 3.84. The number of benzene rings is 1. The summed E-state index contributed by atoms with van der Waals surface area (Å²) in [5.41, 5.74) is 3.38. The molecule has 0 atom stereocenters. The molecule has 2 aromatic rings. The summed E-state index contributed by atoms with van der Waals surface area (Å²) in [5.74, 6) is 0.526. The maximum atomic E-state index is 4.27. The summed E-state index contributed by atoms with van der Waals surface area (Å²) in [4.78, 5) is 0. The van der Waals surface area contributed by atoms with Crippen LogP contribution in [0.2, 0.25) is 0 Å². The van der Waals surface area contributed by atoms with Gasteiger partial charge in [-0.2, -0.15) is 8.75 Å². The lowest BCUT2D eigenvalue weighted by Gasteiger charge is -2.03. The van der Waals surface area contributed by atoms with E-state index in [-0.39, 0.29) is 0 Å². The van der Waals surface area contributed by atoms with Gasteiger partial charge in [-0.1, -0.05) is 46.2 Å². The Balaban J connectivity index is 0.000000337. The molecule has 82 valence electrons. The minimum Gasteiger partial charge on any atom is -0.173 e. The highest BCUT2D eigenvalue weighted by Gasteiger charge is 2.06. The molecule has 3 heteroatoms. The van der Waals surface area contributed by atoms with Crippen molar-refractivity contribution in [1.29, 1.82) is 0 Å². The van der Waals surface area contributed by atoms with Crippen molar-refractivity contribution < 1.29 is 0 Å². The molecule has 0 N–H and O–H groups in total. The summed E-state index contributed by atoms with van der Waals surface area (Å²) in [5, 5.41) is 0. The van der Waals surface area contributed by atoms with E-state index in [1.54, 1.807) is 0 Å². The van der Waals surface area contributed by atoms with Crippen LogP contribution in [-0.2, 0) is 0 Å². The Bertz CT molecular complexity index is 407. The van der Waals surface area contributed by atoms with Gasteiger partial charge in [0.15, 0.2) is 0 Å². The zero-order valence-electron chi connectivity index (χ0n) is 9.82. The van der Waals surface area contributed by atoms with E-state index in [1.165, 1.54) is 23.7 Å². The first-order valence-electron chi connectivity index (χ1n) is 5.41. The lowest BCUT2D eigenvalue weighted by molar-refractivity contribution is 0.874. The summed E-state index contributed by atoms with van der Waals surface area (Å²) >= 11 is 1.28. The SMILES string of the molecule is CC(C)c1cccc2nsnc12.CCC. The monoisotopic (exact) mass is 222 g/mol. The van der Waals surface area contributed by atoms with Gasteiger partial charge in [-0.05, 0) is 17.5 Å². The first kappa shape index (κ1) is 12.1. The van der Waals surface area contributed by atoms with E-state index in [0.29, 0.717) is 5.92 Å². The first-order valence-corrected chi connectivity index (χ1v) is 6.14. The van der Waals surface area contributed by atoms with Crippen LogP contribution in [-0.4, -0.2) is 8.75 Å². The van der Waals surface area contributed by atoms with Gasteiger partial charge in [0.05, 0.1) is 11.7 Å². The summed E-state index contributed by atoms with van der Waals surface area (Å²) in [6.07, 6.45) is 1.25. The molecule has 0 aliphatic carbocycles. The molecule has 0 aliphatic rings. The van der Waals surface area contributed by atoms with Crippen LogP contribution in [0.15, 0.2) is 18.2 Å². The highest BCUT2D eigenvalue weighted by atomic mass is 32.1. The Hall–Kier alpha value is -0.960. The predicted molar refractivity (Wildman–Crippen MR) is 67.5 cm³/mol. The third-order valence-corrected chi connectivity index (χ3v) is 2.48. The van der Waals surface area contributed by atoms with Gasteiger partial charge in [0.2, 0.25) is 0 Å². The maximum absolute atomic E-state index is 4.27. The lowest BCUT2D eigenvalue weighted by atomic mass is 10.0. The number of rotatable bonds is 1. The van der Waals surface area contributed by atoms with Crippen LogP contribution in [0.25, 0.3) is 11.0 Å². The molecule has 0 aliphatic heterocycles. The summed E-state index contributed by atoms with van der Waals surface area (Å²) in [6, 6.07) is 6.16. The second kappa shape index (κ2) is 5.81. The molecule has 0 fully saturated rings. The molecule has 0 saturated heterocycles. The third kappa shape index (κ3) is 2.99. The Morgan fingerprint density at radius 2 is 1.87 bits per heavy atom. The smallest absolute Gasteiger partial charge is 0.108 e. The molecular weight excluding hydrogens is 204 g/mol. The molecule has 0 radical (unpaired) electrons. The molecule has 0 saturated carbocycles. The fourth-order valence-electron chi connectivity index (χ4n) is 1.29. The van der Waals surface area contributed by atoms with Crippen molar-refractivity contribution in [3.05, 3.63) is 23.8 Å². The summed E-state index contributed by atoms with van der Waals surface area (Å²) < 4.78 is 8.46. The largest absolute Gasteiger partial charge is 0.173 e. The predicted octanol–water partition coefficient (Wildman–Crippen LogP) is 4.23. The number of hydrogen-bond donors (Lipinski definition) is 0. The van der Waals surface area contributed by atoms with Crippen molar-refractivity contribution in [2.75, 3.05) is 0 Å². The van der Waals surface area contributed by atoms with Crippen molar-refractivity contribution in [2.45, 2.75) is 40.0 Å². The summed E-state index contributed by atoms with van der Waals surface area (Å²) in [6.45, 7) is 8.60. The zero-order valence-corrected chi connectivity index (χ0v) is 10.6. The van der Waals surface area contributed by atoms with Gasteiger partial charge < -0.3 is 0 Å². The first-order chi connectivity index (χ1) is 7.20. The third-order valence-electron chi connectivity index (χ3n) is 1.94. The number of nitrogens with zero attached hydrogens (tertiary/aromatic N) is 2. The normalized spacial score (nSPS) is 10.2. The molecule has 2 nitrogen and oxygen atoms in total. The molecule has 15 heavy (non-hydrogen) atoms. The fourth-order valence-corrected chi connectivity index (χ4v) is 1.85. The van der Waals surface area contributed by atoms with Crippen LogP contribution < -0.4 is 0 Å². The molecule has 1 aromatic heterocycles. The van der Waals surface area contributed by atoms with Crippen LogP contribution >= 0.6 is 11.7 Å². The number of aromatic nitrogens is 2. The average molecular weight is 222 g/mol. The fraction of sp³-hybridized carbons (Fsp3) is 0.500. The van der Waals surface area contributed by atoms with Crippen LogP contribution in [0.4, 0.5) is 0 Å². The van der Waals surface area contributed by atoms with E-state index in [1.807, 2.05) is 12.1 Å². The van der Waals surface area contributed by atoms with E-state index in [2.05, 4.69) is 42.5 Å². The van der Waals surface area contributed by atoms with E-state index in [0.717, 1.165) is 11.0 Å². The molecule has 2 rings (SSSR count). The van der Waals surface area contributed by atoms with E-state index < -0.39 is 0 Å². The highest BCUT2D eigenvalue weighted by Crippen LogP contribution is 2.23. The second-order valence-corrected chi connectivity index (χ2v) is 4.37. The molecule has 1 aromatic carbocycles. The van der Waals surface area contributed by atoms with Gasteiger partial charge in [-0.15, -0.1) is 0 Å². The van der Waals surface area contributed by atoms with E-state index >= 15 is 0 Å². The molecule has 1 heterocycles. The minimum atomic E-state index is 0.526. The molecule has 0 bridgehead atoms. The van der Waals surface area contributed by atoms with Crippen molar-refractivity contribution in [3.63, 3.8) is 0 Å². The van der Waals surface area contributed by atoms with Crippen molar-refractivity contribution in [1.82, 2.24) is 8.75 Å². The molecule has 0 unspecified atom stereocenters. The Kier molecular flexibility index (Phi) is 4.69. The quantitative estimate of drug-likeness (QED) is 0.721. The van der Waals surface area contributed by atoms with Gasteiger partial charge in [0.1, 0.15) is 11.0 Å². The lowest BCUT2D eigenvalue weighted by Crippen LogP contribution is -1.87. The van der Waals surface area contributed by atoms with Crippen LogP contribution in [0, 0.1) is 0 Å². The number of hydrogen-bond acceptors (Lipinski definition) is 3. The Labute approximate surface area is 95.7 Å². The minimum absolute atomic E-state index is 0.526. The molecule has 0 spiro atoms. The van der Waals surface area contributed by atoms with Crippen molar-refractivity contribution in [2.24, 2.45) is 0 Å².